The van der Waals surface area contributed by atoms with Crippen molar-refractivity contribution in [2.75, 3.05) is 0 Å². The Balaban J connectivity index is -0.00000000400. The third kappa shape index (κ3) is 572. The van der Waals surface area contributed by atoms with Gasteiger partial charge >= 0.3 is 43.4 Å². The van der Waals surface area contributed by atoms with E-state index in [0.717, 1.165) is 0 Å². The topological polar surface area (TPSA) is 85.5 Å². The molecule has 0 aliphatic heterocycles. The van der Waals surface area contributed by atoms with E-state index in [-0.39, 0.29) is 59.9 Å². The summed E-state index contributed by atoms with van der Waals surface area (Å²) in [6.45, 7) is 8.00. The van der Waals surface area contributed by atoms with Gasteiger partial charge in [0.05, 0.1) is 0 Å². The molecule has 0 N–H and O–H groups in total. The van der Waals surface area contributed by atoms with Gasteiger partial charge in [0.2, 0.25) is 0 Å². The number of rotatable bonds is 0. The summed E-state index contributed by atoms with van der Waals surface area (Å²) < 4.78 is 0. The van der Waals surface area contributed by atoms with Gasteiger partial charge in [-0.25, -0.2) is 0 Å². The van der Waals surface area contributed by atoms with Gasteiger partial charge in [-0.2, -0.15) is 27.7 Å². The largest absolute Gasteiger partial charge is 4.00 e. The molecular formula is C6H14O3Ti2. The van der Waals surface area contributed by atoms with Gasteiger partial charge in [0.1, 0.15) is 0 Å². The van der Waals surface area contributed by atoms with Crippen molar-refractivity contribution in [2.24, 2.45) is 0 Å². The third-order valence-electron chi connectivity index (χ3n) is 0. The molecule has 0 bridgehead atoms. The monoisotopic (exact) mass is 230 g/mol. The first kappa shape index (κ1) is 55.9. The van der Waals surface area contributed by atoms with Crippen molar-refractivity contribution >= 4 is 0 Å². The van der Waals surface area contributed by atoms with Gasteiger partial charge in [-0.1, -0.05) is 0 Å². The van der Waals surface area contributed by atoms with Crippen LogP contribution in [0.25, 0.3) is 0 Å². The van der Waals surface area contributed by atoms with E-state index in [1.165, 1.54) is 0 Å². The fourth-order valence-electron chi connectivity index (χ4n) is 0. The number of hydrogen-bond acceptors (Lipinski definition) is 0. The van der Waals surface area contributed by atoms with Crippen molar-refractivity contribution in [1.82, 2.24) is 0 Å². The average molecular weight is 230 g/mol. The Kier molecular flexibility index (Phi) is 557. The molecule has 64 valence electrons. The molecule has 0 fully saturated rings. The molecule has 0 heterocycles. The van der Waals surface area contributed by atoms with Crippen molar-refractivity contribution in [2.45, 2.75) is 27.7 Å². The molecule has 0 saturated carbocycles. The van der Waals surface area contributed by atoms with Gasteiger partial charge < -0.3 is 29.3 Å². The van der Waals surface area contributed by atoms with E-state index in [9.17, 15) is 0 Å². The normalized spacial score (nSPS) is 3.27. The van der Waals surface area contributed by atoms with Crippen LogP contribution >= 0.6 is 0 Å². The van der Waals surface area contributed by atoms with Crippen LogP contribution in [-0.4, -0.2) is 0 Å². The maximum absolute atomic E-state index is 2.00. The second-order valence-electron chi connectivity index (χ2n) is 1.15. The molecule has 0 aliphatic rings. The maximum atomic E-state index is 2.00. The Hall–Kier alpha value is 1.31. The molecule has 5 heteroatoms. The molecule has 0 aliphatic carbocycles. The summed E-state index contributed by atoms with van der Waals surface area (Å²) in [6, 6.07) is 0. The Labute approximate surface area is 100 Å². The third-order valence-corrected chi connectivity index (χ3v) is 0. The van der Waals surface area contributed by atoms with Gasteiger partial charge in [0.25, 0.3) is 0 Å². The zero-order chi connectivity index (χ0) is 5.41. The number of hydrogen-bond donors (Lipinski definition) is 0. The zero-order valence-corrected chi connectivity index (χ0v) is 10.5. The summed E-state index contributed by atoms with van der Waals surface area (Å²) in [7, 11) is 0. The Morgan fingerprint density at radius 1 is 0.545 bits per heavy atom. The summed E-state index contributed by atoms with van der Waals surface area (Å²) in [6.07, 6.45) is 4.00. The molecule has 0 aromatic rings. The molecular weight excluding hydrogens is 216 g/mol. The van der Waals surface area contributed by atoms with Crippen LogP contribution in [0.2, 0.25) is 0 Å². The molecule has 0 atom stereocenters. The fourth-order valence-corrected chi connectivity index (χ4v) is 0. The van der Waals surface area contributed by atoms with E-state index in [0.29, 0.717) is 0 Å². The average Bonchev–Trinajstić information content (AvgIpc) is 1.39. The minimum Gasteiger partial charge on any atom is -2.00 e. The first-order valence-electron chi connectivity index (χ1n) is 2.31. The van der Waals surface area contributed by atoms with Gasteiger partial charge in [-0.15, -0.1) is 0 Å². The standard InChI is InChI=1S/2C3H7.3O.2Ti/c2*1-3-2;;;;;/h2*3H,1-2H3;;;;;/q2*-1;3*-2;2*+4. The predicted octanol–water partition coefficient (Wildman–Crippen LogP) is 2.10. The quantitative estimate of drug-likeness (QED) is 0.450. The first-order chi connectivity index (χ1) is 2.83. The van der Waals surface area contributed by atoms with Gasteiger partial charge in [0, 0.05) is 0 Å². The zero-order valence-electron chi connectivity index (χ0n) is 7.38. The van der Waals surface area contributed by atoms with E-state index in [4.69, 9.17) is 0 Å². The molecule has 3 nitrogen and oxygen atoms in total. The van der Waals surface area contributed by atoms with Gasteiger partial charge in [-0.3, -0.25) is 0 Å². The Morgan fingerprint density at radius 2 is 0.545 bits per heavy atom. The summed E-state index contributed by atoms with van der Waals surface area (Å²) in [5.74, 6) is 0. The van der Waals surface area contributed by atoms with Crippen molar-refractivity contribution in [3.05, 3.63) is 12.8 Å². The van der Waals surface area contributed by atoms with E-state index in [2.05, 4.69) is 0 Å². The van der Waals surface area contributed by atoms with E-state index >= 15 is 0 Å². The Bertz CT molecular complexity index is 17.8. The van der Waals surface area contributed by atoms with E-state index < -0.39 is 0 Å². The predicted molar refractivity (Wildman–Crippen MR) is 33.4 cm³/mol. The van der Waals surface area contributed by atoms with Crippen molar-refractivity contribution in [1.29, 1.82) is 0 Å². The minimum atomic E-state index is 0. The molecule has 0 radical (unpaired) electrons. The van der Waals surface area contributed by atoms with Crippen LogP contribution in [0.4, 0.5) is 0 Å². The van der Waals surface area contributed by atoms with Crippen molar-refractivity contribution in [3.8, 4) is 0 Å². The second-order valence-corrected chi connectivity index (χ2v) is 1.15. The van der Waals surface area contributed by atoms with Crippen LogP contribution < -0.4 is 0 Å². The van der Waals surface area contributed by atoms with Crippen molar-refractivity contribution < 1.29 is 59.9 Å². The van der Waals surface area contributed by atoms with Crippen LogP contribution in [0.1, 0.15) is 27.7 Å². The summed E-state index contributed by atoms with van der Waals surface area (Å²) in [4.78, 5) is 0. The SMILES string of the molecule is C[CH-]C.C[CH-]C.[O-2].[O-2].[O-2].[Ti+4].[Ti+4]. The molecule has 0 aromatic carbocycles. The molecule has 0 amide bonds. The fraction of sp³-hybridized carbons (Fsp3) is 0.667. The van der Waals surface area contributed by atoms with Crippen LogP contribution in [0.15, 0.2) is 0 Å². The summed E-state index contributed by atoms with van der Waals surface area (Å²) in [5.41, 5.74) is 0. The van der Waals surface area contributed by atoms with E-state index in [1.807, 2.05) is 40.5 Å². The summed E-state index contributed by atoms with van der Waals surface area (Å²) in [5, 5.41) is 0. The molecule has 11 heavy (non-hydrogen) atoms. The van der Waals surface area contributed by atoms with Crippen LogP contribution in [0, 0.1) is 12.8 Å². The van der Waals surface area contributed by atoms with Crippen LogP contribution in [-0.2, 0) is 59.9 Å². The second kappa shape index (κ2) is 110. The van der Waals surface area contributed by atoms with Gasteiger partial charge in [-0.05, 0) is 0 Å². The molecule has 0 spiro atoms. The molecule has 0 saturated heterocycles. The van der Waals surface area contributed by atoms with Crippen molar-refractivity contribution in [3.63, 3.8) is 0 Å². The molecule has 0 unspecified atom stereocenters. The van der Waals surface area contributed by atoms with E-state index in [1.54, 1.807) is 0 Å². The first-order valence-corrected chi connectivity index (χ1v) is 2.31. The molecule has 0 rings (SSSR count). The molecule has 0 aromatic heterocycles. The smallest absolute Gasteiger partial charge is 2.00 e. The van der Waals surface area contributed by atoms with Crippen LogP contribution in [0.5, 0.6) is 0 Å². The van der Waals surface area contributed by atoms with Gasteiger partial charge in [0.15, 0.2) is 0 Å². The Morgan fingerprint density at radius 3 is 0.545 bits per heavy atom. The summed E-state index contributed by atoms with van der Waals surface area (Å²) >= 11 is 0. The minimum absolute atomic E-state index is 0. The van der Waals surface area contributed by atoms with Crippen LogP contribution in [0.3, 0.4) is 0 Å². The maximum Gasteiger partial charge on any atom is 4.00 e.